The Labute approximate surface area is 192 Å². The number of piperidine rings is 1. The van der Waals surface area contributed by atoms with Crippen molar-refractivity contribution in [3.63, 3.8) is 0 Å². The molecular formula is C19H30BrIN4O3. The monoisotopic (exact) mass is 568 g/mol. The average molecular weight is 569 g/mol. The van der Waals surface area contributed by atoms with E-state index in [0.29, 0.717) is 26.2 Å². The van der Waals surface area contributed by atoms with E-state index in [1.54, 1.807) is 12.0 Å². The predicted octanol–water partition coefficient (Wildman–Crippen LogP) is 3.75. The van der Waals surface area contributed by atoms with Crippen molar-refractivity contribution in [2.75, 3.05) is 33.4 Å². The maximum absolute atomic E-state index is 11.8. The lowest BCUT2D eigenvalue weighted by molar-refractivity contribution is 0.0963. The molecule has 1 aliphatic rings. The summed E-state index contributed by atoms with van der Waals surface area (Å²) in [6.07, 6.45) is 1.51. The third kappa shape index (κ3) is 7.65. The number of nitrogens with zero attached hydrogens (tertiary/aromatic N) is 2. The molecule has 1 fully saturated rings. The summed E-state index contributed by atoms with van der Waals surface area (Å²) in [5.41, 5.74) is 1.02. The number of methoxy groups -OCH3 is 1. The molecule has 0 unspecified atom stereocenters. The molecule has 2 N–H and O–H groups in total. The Hall–Kier alpha value is -1.23. The molecule has 9 heteroatoms. The fourth-order valence-electron chi connectivity index (χ4n) is 2.97. The summed E-state index contributed by atoms with van der Waals surface area (Å²) in [7, 11) is 1.66. The smallest absolute Gasteiger partial charge is 0.409 e. The van der Waals surface area contributed by atoms with Gasteiger partial charge in [-0.15, -0.1) is 24.0 Å². The van der Waals surface area contributed by atoms with Crippen LogP contribution in [-0.4, -0.2) is 56.3 Å². The van der Waals surface area contributed by atoms with Crippen LogP contribution in [0, 0.1) is 0 Å². The second-order valence-electron chi connectivity index (χ2n) is 6.26. The van der Waals surface area contributed by atoms with Crippen molar-refractivity contribution in [3.05, 3.63) is 28.2 Å². The van der Waals surface area contributed by atoms with Gasteiger partial charge in [0.1, 0.15) is 5.75 Å². The summed E-state index contributed by atoms with van der Waals surface area (Å²) in [6, 6.07) is 6.18. The first-order valence-electron chi connectivity index (χ1n) is 9.36. The van der Waals surface area contributed by atoms with E-state index in [9.17, 15) is 4.79 Å². The maximum atomic E-state index is 11.8. The number of guanidine groups is 1. The molecule has 0 spiro atoms. The van der Waals surface area contributed by atoms with Gasteiger partial charge >= 0.3 is 6.09 Å². The molecule has 2 rings (SSSR count). The Bertz CT molecular complexity index is 652. The zero-order chi connectivity index (χ0) is 19.6. The van der Waals surface area contributed by atoms with Gasteiger partial charge in [0.2, 0.25) is 0 Å². The Balaban J connectivity index is 0.00000392. The van der Waals surface area contributed by atoms with Crippen molar-refractivity contribution in [1.29, 1.82) is 0 Å². The molecule has 158 valence electrons. The minimum atomic E-state index is -0.224. The fourth-order valence-corrected chi connectivity index (χ4v) is 3.38. The molecule has 1 aromatic carbocycles. The number of hydrogen-bond donors (Lipinski definition) is 2. The van der Waals surface area contributed by atoms with Gasteiger partial charge in [-0.3, -0.25) is 0 Å². The maximum Gasteiger partial charge on any atom is 0.409 e. The molecular weight excluding hydrogens is 539 g/mol. The van der Waals surface area contributed by atoms with Gasteiger partial charge in [0, 0.05) is 35.7 Å². The first-order chi connectivity index (χ1) is 13.1. The molecule has 0 aromatic heterocycles. The summed E-state index contributed by atoms with van der Waals surface area (Å²) < 4.78 is 11.5. The van der Waals surface area contributed by atoms with Crippen LogP contribution in [0.3, 0.4) is 0 Å². The lowest BCUT2D eigenvalue weighted by atomic mass is 10.1. The first-order valence-corrected chi connectivity index (χ1v) is 10.2. The highest BCUT2D eigenvalue weighted by molar-refractivity contribution is 14.0. The number of carbonyl (C=O) groups excluding carboxylic acids is 1. The number of halogens is 2. The second kappa shape index (κ2) is 13.1. The van der Waals surface area contributed by atoms with E-state index < -0.39 is 0 Å². The van der Waals surface area contributed by atoms with Crippen LogP contribution in [0.2, 0.25) is 0 Å². The van der Waals surface area contributed by atoms with Crippen LogP contribution in [0.25, 0.3) is 0 Å². The minimum Gasteiger partial charge on any atom is -0.496 e. The van der Waals surface area contributed by atoms with Crippen LogP contribution < -0.4 is 15.4 Å². The van der Waals surface area contributed by atoms with Gasteiger partial charge in [0.15, 0.2) is 5.96 Å². The van der Waals surface area contributed by atoms with E-state index in [-0.39, 0.29) is 36.1 Å². The highest BCUT2D eigenvalue weighted by Gasteiger charge is 2.24. The van der Waals surface area contributed by atoms with Crippen molar-refractivity contribution >= 4 is 52.0 Å². The number of likely N-dealkylation sites (tertiary alicyclic amines) is 1. The van der Waals surface area contributed by atoms with Gasteiger partial charge in [-0.25, -0.2) is 9.79 Å². The van der Waals surface area contributed by atoms with Gasteiger partial charge < -0.3 is 25.0 Å². The number of benzene rings is 1. The van der Waals surface area contributed by atoms with E-state index in [0.717, 1.165) is 41.1 Å². The molecule has 1 amide bonds. The molecule has 0 aliphatic carbocycles. The zero-order valence-electron chi connectivity index (χ0n) is 16.7. The number of ether oxygens (including phenoxy) is 2. The van der Waals surface area contributed by atoms with E-state index in [2.05, 4.69) is 26.6 Å². The number of amides is 1. The van der Waals surface area contributed by atoms with E-state index in [1.807, 2.05) is 32.0 Å². The topological polar surface area (TPSA) is 75.2 Å². The van der Waals surface area contributed by atoms with Crippen LogP contribution in [0.15, 0.2) is 27.7 Å². The Morgan fingerprint density at radius 1 is 1.32 bits per heavy atom. The Morgan fingerprint density at radius 3 is 2.64 bits per heavy atom. The molecule has 1 aromatic rings. The lowest BCUT2D eigenvalue weighted by Gasteiger charge is -2.32. The van der Waals surface area contributed by atoms with Crippen LogP contribution in [0.5, 0.6) is 5.75 Å². The molecule has 7 nitrogen and oxygen atoms in total. The standard InChI is InChI=1S/C19H29BrN4O3.HI/c1-4-21-18(22-13-14-12-15(20)6-7-17(14)26-3)23-16-8-10-24(11-9-16)19(25)27-5-2;/h6-7,12,16H,4-5,8-11,13H2,1-3H3,(H2,21,22,23);1H. The van der Waals surface area contributed by atoms with Crippen molar-refractivity contribution < 1.29 is 14.3 Å². The first kappa shape index (κ1) is 24.8. The number of hydrogen-bond acceptors (Lipinski definition) is 4. The van der Waals surface area contributed by atoms with Gasteiger partial charge in [-0.2, -0.15) is 0 Å². The van der Waals surface area contributed by atoms with Crippen molar-refractivity contribution in [2.45, 2.75) is 39.3 Å². The van der Waals surface area contributed by atoms with E-state index >= 15 is 0 Å². The van der Waals surface area contributed by atoms with Gasteiger partial charge in [0.05, 0.1) is 20.3 Å². The molecule has 28 heavy (non-hydrogen) atoms. The normalized spacial score (nSPS) is 14.9. The molecule has 0 saturated carbocycles. The quantitative estimate of drug-likeness (QED) is 0.310. The Kier molecular flexibility index (Phi) is 11.6. The van der Waals surface area contributed by atoms with Crippen molar-refractivity contribution in [3.8, 4) is 5.75 Å². The van der Waals surface area contributed by atoms with Crippen LogP contribution >= 0.6 is 39.9 Å². The molecule has 0 atom stereocenters. The van der Waals surface area contributed by atoms with Crippen LogP contribution in [0.1, 0.15) is 32.3 Å². The van der Waals surface area contributed by atoms with Crippen LogP contribution in [-0.2, 0) is 11.3 Å². The summed E-state index contributed by atoms with van der Waals surface area (Å²) in [4.78, 5) is 18.3. The van der Waals surface area contributed by atoms with E-state index in [4.69, 9.17) is 14.5 Å². The summed E-state index contributed by atoms with van der Waals surface area (Å²) in [6.45, 7) is 6.95. The lowest BCUT2D eigenvalue weighted by Crippen LogP contribution is -2.49. The zero-order valence-corrected chi connectivity index (χ0v) is 20.6. The molecule has 0 radical (unpaired) electrons. The van der Waals surface area contributed by atoms with Gasteiger partial charge in [-0.1, -0.05) is 15.9 Å². The van der Waals surface area contributed by atoms with Gasteiger partial charge in [-0.05, 0) is 44.9 Å². The Morgan fingerprint density at radius 2 is 2.04 bits per heavy atom. The second-order valence-corrected chi connectivity index (χ2v) is 7.17. The molecule has 1 aliphatic heterocycles. The van der Waals surface area contributed by atoms with Gasteiger partial charge in [0.25, 0.3) is 0 Å². The van der Waals surface area contributed by atoms with Crippen molar-refractivity contribution in [1.82, 2.24) is 15.5 Å². The number of rotatable bonds is 6. The minimum absolute atomic E-state index is 0. The number of carbonyl (C=O) groups is 1. The summed E-state index contributed by atoms with van der Waals surface area (Å²) in [5.74, 6) is 1.59. The summed E-state index contributed by atoms with van der Waals surface area (Å²) >= 11 is 3.49. The average Bonchev–Trinajstić information content (AvgIpc) is 2.67. The third-order valence-corrected chi connectivity index (χ3v) is 4.85. The highest BCUT2D eigenvalue weighted by Crippen LogP contribution is 2.23. The molecule has 1 saturated heterocycles. The fraction of sp³-hybridized carbons (Fsp3) is 0.579. The van der Waals surface area contributed by atoms with Crippen LogP contribution in [0.4, 0.5) is 4.79 Å². The number of aliphatic imine (C=N–C) groups is 1. The van der Waals surface area contributed by atoms with E-state index in [1.165, 1.54) is 0 Å². The highest BCUT2D eigenvalue weighted by atomic mass is 127. The number of nitrogens with one attached hydrogen (secondary N) is 2. The largest absolute Gasteiger partial charge is 0.496 e. The molecule has 0 bridgehead atoms. The molecule has 1 heterocycles. The summed E-state index contributed by atoms with van der Waals surface area (Å²) in [5, 5.41) is 6.77. The SMILES string of the molecule is CCNC(=NCc1cc(Br)ccc1OC)NC1CCN(C(=O)OCC)CC1.I. The predicted molar refractivity (Wildman–Crippen MR) is 126 cm³/mol. The van der Waals surface area contributed by atoms with Crippen molar-refractivity contribution in [2.24, 2.45) is 4.99 Å². The third-order valence-electron chi connectivity index (χ3n) is 4.36.